The van der Waals surface area contributed by atoms with Gasteiger partial charge in [0.1, 0.15) is 0 Å². The molecule has 2 heterocycles. The van der Waals surface area contributed by atoms with E-state index in [0.717, 1.165) is 16.6 Å². The summed E-state index contributed by atoms with van der Waals surface area (Å²) < 4.78 is 1.74. The Morgan fingerprint density at radius 3 is 2.88 bits per heavy atom. The molecule has 17 heavy (non-hydrogen) atoms. The molecule has 4 nitrogen and oxygen atoms in total. The Balaban J connectivity index is 1.77. The van der Waals surface area contributed by atoms with E-state index in [4.69, 9.17) is 0 Å². The third-order valence-electron chi connectivity index (χ3n) is 2.33. The Morgan fingerprint density at radius 1 is 1.18 bits per heavy atom. The van der Waals surface area contributed by atoms with E-state index in [1.807, 2.05) is 18.2 Å². The molecule has 2 aromatic heterocycles. The van der Waals surface area contributed by atoms with Crippen LogP contribution in [0.3, 0.4) is 0 Å². The first kappa shape index (κ1) is 10.3. The van der Waals surface area contributed by atoms with Crippen LogP contribution >= 0.6 is 11.8 Å². The van der Waals surface area contributed by atoms with Crippen LogP contribution in [-0.4, -0.2) is 19.6 Å². The number of nitrogens with zero attached hydrogens (tertiary/aromatic N) is 4. The van der Waals surface area contributed by atoms with Crippen LogP contribution in [0.15, 0.2) is 54.1 Å². The summed E-state index contributed by atoms with van der Waals surface area (Å²) in [6.45, 7) is 0. The maximum atomic E-state index is 4.38. The molecule has 1 aromatic carbocycles. The highest BCUT2D eigenvalue weighted by atomic mass is 32.2. The zero-order chi connectivity index (χ0) is 11.5. The van der Waals surface area contributed by atoms with Crippen molar-refractivity contribution in [1.82, 2.24) is 19.6 Å². The molecule has 0 aliphatic carbocycles. The molecule has 0 aliphatic rings. The largest absolute Gasteiger partial charge is 0.259 e. The lowest BCUT2D eigenvalue weighted by Gasteiger charge is -1.96. The molecule has 84 valence electrons. The quantitative estimate of drug-likeness (QED) is 0.661. The van der Waals surface area contributed by atoms with Gasteiger partial charge in [0, 0.05) is 18.1 Å². The molecule has 0 fully saturated rings. The minimum absolute atomic E-state index is 0.779. The highest BCUT2D eigenvalue weighted by Gasteiger charge is 2.03. The average Bonchev–Trinajstić information content (AvgIpc) is 2.80. The van der Waals surface area contributed by atoms with Gasteiger partial charge in [0.15, 0.2) is 5.65 Å². The number of rotatable bonds is 3. The van der Waals surface area contributed by atoms with Gasteiger partial charge in [-0.2, -0.15) is 4.98 Å². The molecule has 0 unspecified atom stereocenters. The lowest BCUT2D eigenvalue weighted by atomic mass is 10.2. The van der Waals surface area contributed by atoms with Crippen LogP contribution in [-0.2, 0) is 5.75 Å². The molecule has 3 rings (SSSR count). The maximum absolute atomic E-state index is 4.38. The molecular weight excluding hydrogens is 232 g/mol. The summed E-state index contributed by atoms with van der Waals surface area (Å²) in [7, 11) is 0. The third-order valence-corrected chi connectivity index (χ3v) is 3.24. The molecule has 0 aliphatic heterocycles. The predicted octanol–water partition coefficient (Wildman–Crippen LogP) is 2.42. The molecular formula is C12H10N4S. The predicted molar refractivity (Wildman–Crippen MR) is 66.8 cm³/mol. The Morgan fingerprint density at radius 2 is 2.06 bits per heavy atom. The van der Waals surface area contributed by atoms with E-state index in [0.29, 0.717) is 0 Å². The summed E-state index contributed by atoms with van der Waals surface area (Å²) in [5, 5.41) is 5.14. The van der Waals surface area contributed by atoms with Gasteiger partial charge in [-0.3, -0.25) is 4.98 Å². The first-order chi connectivity index (χ1) is 8.42. The number of benzene rings is 1. The van der Waals surface area contributed by atoms with E-state index >= 15 is 0 Å². The van der Waals surface area contributed by atoms with Crippen molar-refractivity contribution in [3.63, 3.8) is 0 Å². The second-order valence-electron chi connectivity index (χ2n) is 3.55. The van der Waals surface area contributed by atoms with Crippen molar-refractivity contribution >= 4 is 17.4 Å². The van der Waals surface area contributed by atoms with Crippen LogP contribution in [0.2, 0.25) is 0 Å². The molecule has 0 radical (unpaired) electrons. The summed E-state index contributed by atoms with van der Waals surface area (Å²) in [5.74, 6) is 0.880. The molecule has 5 heteroatoms. The molecule has 0 N–H and O–H groups in total. The van der Waals surface area contributed by atoms with E-state index < -0.39 is 0 Å². The van der Waals surface area contributed by atoms with Crippen molar-refractivity contribution in [2.24, 2.45) is 0 Å². The number of hydrogen-bond donors (Lipinski definition) is 0. The van der Waals surface area contributed by atoms with E-state index in [-0.39, 0.29) is 0 Å². The molecule has 0 bridgehead atoms. The Labute approximate surface area is 103 Å². The van der Waals surface area contributed by atoms with Crippen LogP contribution in [0.5, 0.6) is 0 Å². The van der Waals surface area contributed by atoms with Crippen LogP contribution in [0.1, 0.15) is 5.56 Å². The minimum Gasteiger partial charge on any atom is -0.259 e. The molecule has 0 atom stereocenters. The Hall–Kier alpha value is -1.88. The van der Waals surface area contributed by atoms with Crippen molar-refractivity contribution in [3.05, 3.63) is 54.5 Å². The minimum atomic E-state index is 0.779. The first-order valence-corrected chi connectivity index (χ1v) is 6.23. The van der Waals surface area contributed by atoms with Gasteiger partial charge in [-0.25, -0.2) is 4.52 Å². The average molecular weight is 242 g/mol. The lowest BCUT2D eigenvalue weighted by Crippen LogP contribution is -1.86. The van der Waals surface area contributed by atoms with Crippen LogP contribution in [0.4, 0.5) is 0 Å². The van der Waals surface area contributed by atoms with Gasteiger partial charge in [-0.05, 0) is 5.56 Å². The van der Waals surface area contributed by atoms with Gasteiger partial charge in [-0.15, -0.1) is 5.10 Å². The topological polar surface area (TPSA) is 43.1 Å². The summed E-state index contributed by atoms with van der Waals surface area (Å²) in [6, 6.07) is 10.3. The fourth-order valence-electron chi connectivity index (χ4n) is 1.51. The van der Waals surface area contributed by atoms with E-state index in [1.165, 1.54) is 5.56 Å². The van der Waals surface area contributed by atoms with Crippen molar-refractivity contribution in [3.8, 4) is 0 Å². The summed E-state index contributed by atoms with van der Waals surface area (Å²) in [5.41, 5.74) is 2.05. The molecule has 0 saturated carbocycles. The number of hydrogen-bond acceptors (Lipinski definition) is 4. The van der Waals surface area contributed by atoms with Crippen molar-refractivity contribution in [2.45, 2.75) is 10.9 Å². The highest BCUT2D eigenvalue weighted by molar-refractivity contribution is 7.98. The third kappa shape index (κ3) is 2.29. The Bertz CT molecular complexity index is 587. The maximum Gasteiger partial charge on any atom is 0.209 e. The first-order valence-electron chi connectivity index (χ1n) is 5.25. The molecule has 0 spiro atoms. The zero-order valence-electron chi connectivity index (χ0n) is 9.02. The van der Waals surface area contributed by atoms with Gasteiger partial charge in [0.2, 0.25) is 5.16 Å². The van der Waals surface area contributed by atoms with E-state index in [9.17, 15) is 0 Å². The SMILES string of the molecule is c1ccc(CSc2nc3cnccn3n2)cc1. The normalized spacial score (nSPS) is 10.8. The standard InChI is InChI=1S/C12H10N4S/c1-2-4-10(5-3-1)9-17-12-14-11-8-13-6-7-16(11)15-12/h1-8H,9H2. The van der Waals surface area contributed by atoms with Crippen molar-refractivity contribution < 1.29 is 0 Å². The number of fused-ring (bicyclic) bond motifs is 1. The van der Waals surface area contributed by atoms with Crippen molar-refractivity contribution in [1.29, 1.82) is 0 Å². The fraction of sp³-hybridized carbons (Fsp3) is 0.0833. The summed E-state index contributed by atoms with van der Waals surface area (Å²) in [4.78, 5) is 8.39. The summed E-state index contributed by atoms with van der Waals surface area (Å²) in [6.07, 6.45) is 5.21. The van der Waals surface area contributed by atoms with Crippen LogP contribution in [0.25, 0.3) is 5.65 Å². The van der Waals surface area contributed by atoms with Gasteiger partial charge in [0.25, 0.3) is 0 Å². The highest BCUT2D eigenvalue weighted by Crippen LogP contribution is 2.19. The number of aromatic nitrogens is 4. The van der Waals surface area contributed by atoms with Crippen LogP contribution < -0.4 is 0 Å². The Kier molecular flexibility index (Phi) is 2.75. The van der Waals surface area contributed by atoms with Crippen molar-refractivity contribution in [2.75, 3.05) is 0 Å². The zero-order valence-corrected chi connectivity index (χ0v) is 9.84. The number of thioether (sulfide) groups is 1. The second-order valence-corrected chi connectivity index (χ2v) is 4.49. The van der Waals surface area contributed by atoms with E-state index in [2.05, 4.69) is 27.2 Å². The molecule has 0 saturated heterocycles. The smallest absolute Gasteiger partial charge is 0.209 e. The molecule has 0 amide bonds. The lowest BCUT2D eigenvalue weighted by molar-refractivity contribution is 0.880. The fourth-order valence-corrected chi connectivity index (χ4v) is 2.30. The summed E-state index contributed by atoms with van der Waals surface area (Å²) >= 11 is 1.63. The molecule has 3 aromatic rings. The van der Waals surface area contributed by atoms with Gasteiger partial charge >= 0.3 is 0 Å². The van der Waals surface area contributed by atoms with E-state index in [1.54, 1.807) is 34.9 Å². The monoisotopic (exact) mass is 242 g/mol. The second kappa shape index (κ2) is 4.55. The van der Waals surface area contributed by atoms with Gasteiger partial charge in [-0.1, -0.05) is 42.1 Å². The van der Waals surface area contributed by atoms with Crippen LogP contribution in [0, 0.1) is 0 Å². The van der Waals surface area contributed by atoms with Gasteiger partial charge in [0.05, 0.1) is 6.20 Å². The van der Waals surface area contributed by atoms with Gasteiger partial charge < -0.3 is 0 Å².